The Labute approximate surface area is 123 Å². The fourth-order valence-electron chi connectivity index (χ4n) is 2.35. The Morgan fingerprint density at radius 2 is 1.86 bits per heavy atom. The van der Waals surface area contributed by atoms with Gasteiger partial charge in [-0.2, -0.15) is 0 Å². The molecule has 3 heteroatoms. The van der Waals surface area contributed by atoms with Gasteiger partial charge >= 0.3 is 0 Å². The lowest BCUT2D eigenvalue weighted by Crippen LogP contribution is -2.12. The molecule has 2 aromatic carbocycles. The second-order valence-electron chi connectivity index (χ2n) is 5.12. The van der Waals surface area contributed by atoms with Gasteiger partial charge in [-0.05, 0) is 42.0 Å². The summed E-state index contributed by atoms with van der Waals surface area (Å²) in [5.41, 5.74) is 0.828. The number of fused-ring (bicyclic) bond motifs is 1. The Balaban J connectivity index is 1.63. The number of furan rings is 1. The minimum absolute atomic E-state index is 0.000616. The molecule has 0 aliphatic carbocycles. The summed E-state index contributed by atoms with van der Waals surface area (Å²) in [6.45, 7) is 1.90. The van der Waals surface area contributed by atoms with Crippen molar-refractivity contribution < 1.29 is 9.21 Å². The molecule has 0 radical (unpaired) electrons. The summed E-state index contributed by atoms with van der Waals surface area (Å²) in [7, 11) is 0. The van der Waals surface area contributed by atoms with Crippen molar-refractivity contribution in [1.29, 1.82) is 0 Å². The lowest BCUT2D eigenvalue weighted by atomic mass is 10.1. The molecule has 3 rings (SSSR count). The SMILES string of the molecule is Cc1ccc(CCC(=O)Nc2ccc3ccccc3c2)o1. The first kappa shape index (κ1) is 13.4. The molecule has 0 fully saturated rings. The van der Waals surface area contributed by atoms with Gasteiger partial charge in [-0.25, -0.2) is 0 Å². The standard InChI is InChI=1S/C18H17NO2/c1-13-6-9-17(21-13)10-11-18(20)19-16-8-7-14-4-2-3-5-15(14)12-16/h2-9,12H,10-11H2,1H3,(H,19,20). The lowest BCUT2D eigenvalue weighted by Gasteiger charge is -2.06. The second-order valence-corrected chi connectivity index (χ2v) is 5.12. The number of carbonyl (C=O) groups excluding carboxylic acids is 1. The maximum absolute atomic E-state index is 12.0. The fourth-order valence-corrected chi connectivity index (χ4v) is 2.35. The van der Waals surface area contributed by atoms with Crippen LogP contribution in [-0.2, 0) is 11.2 Å². The zero-order chi connectivity index (χ0) is 14.7. The number of hydrogen-bond donors (Lipinski definition) is 1. The van der Waals surface area contributed by atoms with Crippen LogP contribution in [-0.4, -0.2) is 5.91 Å². The van der Waals surface area contributed by atoms with Crippen LogP contribution in [0.25, 0.3) is 10.8 Å². The van der Waals surface area contributed by atoms with E-state index in [1.165, 1.54) is 5.39 Å². The predicted molar refractivity (Wildman–Crippen MR) is 84.3 cm³/mol. The van der Waals surface area contributed by atoms with Gasteiger partial charge in [-0.15, -0.1) is 0 Å². The number of rotatable bonds is 4. The van der Waals surface area contributed by atoms with E-state index in [-0.39, 0.29) is 5.91 Å². The number of amides is 1. The van der Waals surface area contributed by atoms with Crippen molar-refractivity contribution in [1.82, 2.24) is 0 Å². The summed E-state index contributed by atoms with van der Waals surface area (Å²) >= 11 is 0. The molecule has 3 nitrogen and oxygen atoms in total. The van der Waals surface area contributed by atoms with Crippen LogP contribution < -0.4 is 5.32 Å². The van der Waals surface area contributed by atoms with Crippen molar-refractivity contribution in [2.45, 2.75) is 19.8 Å². The molecular formula is C18H17NO2. The minimum Gasteiger partial charge on any atom is -0.466 e. The summed E-state index contributed by atoms with van der Waals surface area (Å²) in [5, 5.41) is 5.22. The van der Waals surface area contributed by atoms with Crippen molar-refractivity contribution in [3.63, 3.8) is 0 Å². The third-order valence-electron chi connectivity index (χ3n) is 3.43. The summed E-state index contributed by atoms with van der Waals surface area (Å²) in [6.07, 6.45) is 1.03. The number of anilines is 1. The Kier molecular flexibility index (Phi) is 3.73. The molecule has 1 N–H and O–H groups in total. The molecule has 0 saturated heterocycles. The third kappa shape index (κ3) is 3.31. The zero-order valence-corrected chi connectivity index (χ0v) is 11.9. The molecule has 0 bridgehead atoms. The van der Waals surface area contributed by atoms with Crippen LogP contribution in [0.4, 0.5) is 5.69 Å². The van der Waals surface area contributed by atoms with Crippen LogP contribution in [0.2, 0.25) is 0 Å². The highest BCUT2D eigenvalue weighted by Crippen LogP contribution is 2.19. The van der Waals surface area contributed by atoms with Crippen LogP contribution in [0.1, 0.15) is 17.9 Å². The maximum atomic E-state index is 12.0. The second kappa shape index (κ2) is 5.83. The summed E-state index contributed by atoms with van der Waals surface area (Å²) in [6, 6.07) is 17.9. The van der Waals surface area contributed by atoms with Crippen LogP contribution in [0.15, 0.2) is 59.0 Å². The smallest absolute Gasteiger partial charge is 0.224 e. The Hall–Kier alpha value is -2.55. The number of carbonyl (C=O) groups is 1. The van der Waals surface area contributed by atoms with Crippen molar-refractivity contribution in [3.05, 3.63) is 66.1 Å². The van der Waals surface area contributed by atoms with E-state index in [0.29, 0.717) is 12.8 Å². The maximum Gasteiger partial charge on any atom is 0.224 e. The highest BCUT2D eigenvalue weighted by atomic mass is 16.3. The molecule has 0 atom stereocenters. The molecule has 0 saturated carbocycles. The van der Waals surface area contributed by atoms with Gasteiger partial charge in [0.2, 0.25) is 5.91 Å². The number of hydrogen-bond acceptors (Lipinski definition) is 2. The largest absolute Gasteiger partial charge is 0.466 e. The van der Waals surface area contributed by atoms with Gasteiger partial charge in [0, 0.05) is 18.5 Å². The van der Waals surface area contributed by atoms with Crippen LogP contribution in [0, 0.1) is 6.92 Å². The topological polar surface area (TPSA) is 42.2 Å². The summed E-state index contributed by atoms with van der Waals surface area (Å²) in [4.78, 5) is 12.0. The third-order valence-corrected chi connectivity index (χ3v) is 3.43. The number of benzene rings is 2. The van der Waals surface area contributed by atoms with Gasteiger partial charge in [0.25, 0.3) is 0 Å². The van der Waals surface area contributed by atoms with E-state index in [2.05, 4.69) is 11.4 Å². The summed E-state index contributed by atoms with van der Waals surface area (Å²) < 4.78 is 5.46. The molecule has 0 spiro atoms. The first-order chi connectivity index (χ1) is 10.2. The quantitative estimate of drug-likeness (QED) is 0.773. The Morgan fingerprint density at radius 1 is 1.05 bits per heavy atom. The fraction of sp³-hybridized carbons (Fsp3) is 0.167. The van der Waals surface area contributed by atoms with Gasteiger partial charge in [0.05, 0.1) is 0 Å². The van der Waals surface area contributed by atoms with E-state index in [9.17, 15) is 4.79 Å². The van der Waals surface area contributed by atoms with E-state index in [1.54, 1.807) is 0 Å². The van der Waals surface area contributed by atoms with E-state index in [1.807, 2.05) is 55.5 Å². The highest BCUT2D eigenvalue weighted by molar-refractivity contribution is 5.94. The predicted octanol–water partition coefficient (Wildman–Crippen LogP) is 4.31. The first-order valence-corrected chi connectivity index (χ1v) is 7.05. The number of nitrogens with one attached hydrogen (secondary N) is 1. The average molecular weight is 279 g/mol. The molecule has 0 aliphatic heterocycles. The molecule has 0 unspecified atom stereocenters. The van der Waals surface area contributed by atoms with Gasteiger partial charge in [0.1, 0.15) is 11.5 Å². The monoisotopic (exact) mass is 279 g/mol. The highest BCUT2D eigenvalue weighted by Gasteiger charge is 2.06. The van der Waals surface area contributed by atoms with Crippen molar-refractivity contribution in [2.75, 3.05) is 5.32 Å². The van der Waals surface area contributed by atoms with E-state index in [0.717, 1.165) is 22.6 Å². The molecule has 106 valence electrons. The zero-order valence-electron chi connectivity index (χ0n) is 11.9. The van der Waals surface area contributed by atoms with Gasteiger partial charge in [-0.3, -0.25) is 4.79 Å². The summed E-state index contributed by atoms with van der Waals surface area (Å²) in [5.74, 6) is 1.72. The molecule has 1 heterocycles. The molecule has 21 heavy (non-hydrogen) atoms. The molecule has 3 aromatic rings. The van der Waals surface area contributed by atoms with Crippen LogP contribution in [0.5, 0.6) is 0 Å². The number of aryl methyl sites for hydroxylation is 2. The van der Waals surface area contributed by atoms with E-state index in [4.69, 9.17) is 4.42 Å². The molecule has 1 amide bonds. The van der Waals surface area contributed by atoms with Crippen molar-refractivity contribution in [3.8, 4) is 0 Å². The minimum atomic E-state index is -0.000616. The average Bonchev–Trinajstić information content (AvgIpc) is 2.91. The molecule has 1 aromatic heterocycles. The van der Waals surface area contributed by atoms with Crippen molar-refractivity contribution in [2.24, 2.45) is 0 Å². The van der Waals surface area contributed by atoms with Gasteiger partial charge in [0.15, 0.2) is 0 Å². The van der Waals surface area contributed by atoms with Gasteiger partial charge < -0.3 is 9.73 Å². The van der Waals surface area contributed by atoms with Crippen LogP contribution >= 0.6 is 0 Å². The molecular weight excluding hydrogens is 262 g/mol. The van der Waals surface area contributed by atoms with E-state index < -0.39 is 0 Å². The molecule has 0 aliphatic rings. The van der Waals surface area contributed by atoms with E-state index >= 15 is 0 Å². The lowest BCUT2D eigenvalue weighted by molar-refractivity contribution is -0.116. The van der Waals surface area contributed by atoms with Crippen molar-refractivity contribution >= 4 is 22.4 Å². The first-order valence-electron chi connectivity index (χ1n) is 7.05. The Bertz CT molecular complexity index is 773. The normalized spacial score (nSPS) is 10.7. The van der Waals surface area contributed by atoms with Gasteiger partial charge in [-0.1, -0.05) is 30.3 Å². The Morgan fingerprint density at radius 3 is 2.62 bits per heavy atom. The van der Waals surface area contributed by atoms with Crippen LogP contribution in [0.3, 0.4) is 0 Å².